The van der Waals surface area contributed by atoms with Crippen LogP contribution in [-0.4, -0.2) is 36.0 Å². The molecule has 0 amide bonds. The summed E-state index contributed by atoms with van der Waals surface area (Å²) in [6.45, 7) is 0. The SMILES string of the molecule is O=C(C[S+]1CCCC1)c1cccc2ccccc12.O=S(=O)([O-])c1ccc(F)cc1F. The summed E-state index contributed by atoms with van der Waals surface area (Å²) in [6, 6.07) is 15.8. The van der Waals surface area contributed by atoms with Gasteiger partial charge in [-0.3, -0.25) is 4.79 Å². The number of hydrogen-bond donors (Lipinski definition) is 0. The molecule has 0 saturated carbocycles. The Bertz CT molecular complexity index is 1150. The molecule has 1 aliphatic heterocycles. The van der Waals surface area contributed by atoms with Crippen molar-refractivity contribution in [3.05, 3.63) is 77.9 Å². The second kappa shape index (κ2) is 9.68. The minimum absolute atomic E-state index is 0.331. The van der Waals surface area contributed by atoms with Crippen molar-refractivity contribution < 1.29 is 26.5 Å². The first-order valence-electron chi connectivity index (χ1n) is 9.32. The van der Waals surface area contributed by atoms with Gasteiger partial charge >= 0.3 is 0 Å². The highest BCUT2D eigenvalue weighted by Crippen LogP contribution is 2.21. The second-order valence-corrected chi connectivity index (χ2v) is 10.5. The van der Waals surface area contributed by atoms with E-state index in [9.17, 15) is 26.5 Å². The van der Waals surface area contributed by atoms with Gasteiger partial charge in [0.25, 0.3) is 0 Å². The van der Waals surface area contributed by atoms with Gasteiger partial charge in [-0.05, 0) is 46.6 Å². The van der Waals surface area contributed by atoms with E-state index in [2.05, 4.69) is 18.2 Å². The van der Waals surface area contributed by atoms with E-state index in [1.54, 1.807) is 0 Å². The lowest BCUT2D eigenvalue weighted by molar-refractivity contribution is 0.102. The van der Waals surface area contributed by atoms with Crippen molar-refractivity contribution in [3.63, 3.8) is 0 Å². The molecular formula is C22H20F2O4S2. The lowest BCUT2D eigenvalue weighted by Gasteiger charge is -2.06. The van der Waals surface area contributed by atoms with Crippen molar-refractivity contribution in [2.45, 2.75) is 17.7 Å². The summed E-state index contributed by atoms with van der Waals surface area (Å²) < 4.78 is 55.5. The van der Waals surface area contributed by atoms with Gasteiger partial charge in [0.05, 0.1) is 4.90 Å². The van der Waals surface area contributed by atoms with Crippen LogP contribution in [0.25, 0.3) is 10.8 Å². The molecule has 1 aliphatic rings. The van der Waals surface area contributed by atoms with Crippen LogP contribution in [0.2, 0.25) is 0 Å². The molecule has 0 N–H and O–H groups in total. The Morgan fingerprint density at radius 2 is 1.63 bits per heavy atom. The fourth-order valence-electron chi connectivity index (χ4n) is 3.27. The van der Waals surface area contributed by atoms with Crippen LogP contribution in [0.3, 0.4) is 0 Å². The standard InChI is InChI=1S/C16H17OS.C6H4F2O3S/c17-16(12-18-10-3-4-11-18)15-9-5-7-13-6-1-2-8-14(13)15;7-4-1-2-6(5(8)3-4)12(9,10)11/h1-2,5-9H,3-4,10-12H2;1-3H,(H,9,10,11)/q+1;/p-1. The largest absolute Gasteiger partial charge is 0.744 e. The molecule has 4 rings (SSSR count). The van der Waals surface area contributed by atoms with Crippen LogP contribution >= 0.6 is 0 Å². The molecule has 3 aromatic rings. The van der Waals surface area contributed by atoms with Gasteiger partial charge in [0.1, 0.15) is 33.3 Å². The molecule has 158 valence electrons. The zero-order valence-electron chi connectivity index (χ0n) is 16.0. The highest BCUT2D eigenvalue weighted by molar-refractivity contribution is 7.97. The van der Waals surface area contributed by atoms with E-state index in [0.717, 1.165) is 22.1 Å². The normalized spacial score (nSPS) is 14.4. The van der Waals surface area contributed by atoms with Gasteiger partial charge in [0, 0.05) is 11.6 Å². The van der Waals surface area contributed by atoms with Crippen molar-refractivity contribution in [2.24, 2.45) is 0 Å². The maximum atomic E-state index is 12.5. The van der Waals surface area contributed by atoms with Crippen LogP contribution in [0.4, 0.5) is 8.78 Å². The Labute approximate surface area is 177 Å². The Kier molecular flexibility index (Phi) is 7.23. The molecule has 1 fully saturated rings. The number of halogens is 2. The zero-order valence-corrected chi connectivity index (χ0v) is 17.6. The molecule has 0 unspecified atom stereocenters. The lowest BCUT2D eigenvalue weighted by atomic mass is 10.0. The van der Waals surface area contributed by atoms with E-state index < -0.39 is 26.6 Å². The van der Waals surface area contributed by atoms with Gasteiger partial charge < -0.3 is 4.55 Å². The van der Waals surface area contributed by atoms with Gasteiger partial charge in [-0.15, -0.1) is 0 Å². The molecule has 0 atom stereocenters. The molecule has 0 bridgehead atoms. The highest BCUT2D eigenvalue weighted by Gasteiger charge is 2.27. The third-order valence-electron chi connectivity index (χ3n) is 4.70. The van der Waals surface area contributed by atoms with Gasteiger partial charge in [-0.25, -0.2) is 17.2 Å². The van der Waals surface area contributed by atoms with Gasteiger partial charge in [0.15, 0.2) is 5.75 Å². The molecule has 1 heterocycles. The fourth-order valence-corrected chi connectivity index (χ4v) is 6.04. The number of Topliss-reactive ketones (excluding diaryl/α,β-unsaturated/α-hetero) is 1. The Morgan fingerprint density at radius 1 is 0.967 bits per heavy atom. The predicted molar refractivity (Wildman–Crippen MR) is 114 cm³/mol. The minimum atomic E-state index is -4.84. The van der Waals surface area contributed by atoms with Gasteiger partial charge in [0.2, 0.25) is 5.78 Å². The van der Waals surface area contributed by atoms with Crippen molar-refractivity contribution in [3.8, 4) is 0 Å². The number of rotatable bonds is 4. The monoisotopic (exact) mass is 450 g/mol. The lowest BCUT2D eigenvalue weighted by Crippen LogP contribution is -2.18. The van der Waals surface area contributed by atoms with Crippen molar-refractivity contribution >= 4 is 37.6 Å². The number of benzene rings is 3. The average Bonchev–Trinajstić information content (AvgIpc) is 3.20. The van der Waals surface area contributed by atoms with Crippen molar-refractivity contribution in [1.29, 1.82) is 0 Å². The quantitative estimate of drug-likeness (QED) is 0.337. The molecule has 30 heavy (non-hydrogen) atoms. The molecule has 3 aromatic carbocycles. The smallest absolute Gasteiger partial charge is 0.212 e. The van der Waals surface area contributed by atoms with E-state index in [1.165, 1.54) is 24.3 Å². The van der Waals surface area contributed by atoms with Crippen LogP contribution in [0.5, 0.6) is 0 Å². The third kappa shape index (κ3) is 5.65. The summed E-state index contributed by atoms with van der Waals surface area (Å²) in [4.78, 5) is 11.4. The van der Waals surface area contributed by atoms with E-state index in [-0.39, 0.29) is 0 Å². The molecular weight excluding hydrogens is 430 g/mol. The molecule has 1 saturated heterocycles. The molecule has 8 heteroatoms. The Morgan fingerprint density at radius 3 is 2.30 bits per heavy atom. The number of ketones is 1. The van der Waals surface area contributed by atoms with E-state index in [1.807, 2.05) is 24.3 Å². The Balaban J connectivity index is 0.000000187. The summed E-state index contributed by atoms with van der Waals surface area (Å²) in [6.07, 6.45) is 2.62. The summed E-state index contributed by atoms with van der Waals surface area (Å²) in [5.74, 6) is 1.31. The van der Waals surface area contributed by atoms with E-state index in [4.69, 9.17) is 0 Å². The average molecular weight is 451 g/mol. The molecule has 0 radical (unpaired) electrons. The first-order valence-corrected chi connectivity index (χ1v) is 12.5. The number of hydrogen-bond acceptors (Lipinski definition) is 4. The fraction of sp³-hybridized carbons (Fsp3) is 0.227. The van der Waals surface area contributed by atoms with E-state index >= 15 is 0 Å². The van der Waals surface area contributed by atoms with Crippen LogP contribution in [-0.2, 0) is 21.0 Å². The highest BCUT2D eigenvalue weighted by atomic mass is 32.2. The van der Waals surface area contributed by atoms with Crippen molar-refractivity contribution in [2.75, 3.05) is 17.3 Å². The summed E-state index contributed by atoms with van der Waals surface area (Å²) >= 11 is 0. The van der Waals surface area contributed by atoms with Gasteiger partial charge in [-0.2, -0.15) is 0 Å². The first-order chi connectivity index (χ1) is 14.3. The third-order valence-corrected chi connectivity index (χ3v) is 7.98. The molecule has 4 nitrogen and oxygen atoms in total. The van der Waals surface area contributed by atoms with Crippen LogP contribution in [0, 0.1) is 11.6 Å². The van der Waals surface area contributed by atoms with Crippen LogP contribution in [0.15, 0.2) is 65.6 Å². The summed E-state index contributed by atoms with van der Waals surface area (Å²) in [5, 5.41) is 2.27. The maximum absolute atomic E-state index is 12.5. The topological polar surface area (TPSA) is 74.3 Å². The van der Waals surface area contributed by atoms with Gasteiger partial charge in [-0.1, -0.05) is 42.5 Å². The van der Waals surface area contributed by atoms with Crippen molar-refractivity contribution in [1.82, 2.24) is 0 Å². The Hall–Kier alpha value is -2.29. The predicted octanol–water partition coefficient (Wildman–Crippen LogP) is 4.30. The summed E-state index contributed by atoms with van der Waals surface area (Å²) in [5.41, 5.74) is 0.910. The minimum Gasteiger partial charge on any atom is -0.744 e. The number of carbonyl (C=O) groups excluding carboxylic acids is 1. The molecule has 0 spiro atoms. The second-order valence-electron chi connectivity index (χ2n) is 6.85. The molecule has 0 aromatic heterocycles. The number of carbonyl (C=O) groups is 1. The molecule has 0 aliphatic carbocycles. The maximum Gasteiger partial charge on any atom is 0.212 e. The van der Waals surface area contributed by atoms with Crippen LogP contribution < -0.4 is 0 Å². The summed E-state index contributed by atoms with van der Waals surface area (Å²) in [7, 11) is -4.49. The zero-order chi connectivity index (χ0) is 21.7. The first kappa shape index (κ1) is 22.4. The number of fused-ring (bicyclic) bond motifs is 1. The van der Waals surface area contributed by atoms with Crippen LogP contribution in [0.1, 0.15) is 23.2 Å². The van der Waals surface area contributed by atoms with E-state index in [0.29, 0.717) is 34.9 Å².